The fourth-order valence-electron chi connectivity index (χ4n) is 3.00. The third-order valence-electron chi connectivity index (χ3n) is 4.65. The number of hydrogen-bond acceptors (Lipinski definition) is 5. The van der Waals surface area contributed by atoms with Gasteiger partial charge in [0.2, 0.25) is 0 Å². The highest BCUT2D eigenvalue weighted by atomic mass is 79.9. The van der Waals surface area contributed by atoms with Crippen LogP contribution >= 0.6 is 15.9 Å². The number of anilines is 1. The van der Waals surface area contributed by atoms with Crippen LogP contribution in [-0.2, 0) is 14.8 Å². The van der Waals surface area contributed by atoms with Crippen molar-refractivity contribution in [2.75, 3.05) is 17.5 Å². The second kappa shape index (κ2) is 11.1. The first-order valence-electron chi connectivity index (χ1n) is 10.2. The number of hydrazone groups is 1. The highest BCUT2D eigenvalue weighted by Gasteiger charge is 2.27. The molecule has 0 aliphatic carbocycles. The zero-order valence-corrected chi connectivity index (χ0v) is 20.6. The van der Waals surface area contributed by atoms with Crippen LogP contribution in [0.5, 0.6) is 5.75 Å². The molecule has 3 aromatic rings. The average Bonchev–Trinajstić information content (AvgIpc) is 2.82. The van der Waals surface area contributed by atoms with E-state index in [9.17, 15) is 13.2 Å². The van der Waals surface area contributed by atoms with Crippen molar-refractivity contribution in [3.05, 3.63) is 88.9 Å². The molecule has 3 aromatic carbocycles. The van der Waals surface area contributed by atoms with Crippen molar-refractivity contribution in [3.8, 4) is 5.75 Å². The number of nitrogens with zero attached hydrogens (tertiary/aromatic N) is 2. The summed E-state index contributed by atoms with van der Waals surface area (Å²) in [6.07, 6.45) is 0. The fourth-order valence-corrected chi connectivity index (χ4v) is 4.82. The summed E-state index contributed by atoms with van der Waals surface area (Å²) in [6, 6.07) is 22.1. The zero-order valence-electron chi connectivity index (χ0n) is 18.2. The summed E-state index contributed by atoms with van der Waals surface area (Å²) < 4.78 is 33.8. The topological polar surface area (TPSA) is 88.1 Å². The molecule has 1 N–H and O–H groups in total. The zero-order chi connectivity index (χ0) is 23.8. The Morgan fingerprint density at radius 3 is 2.36 bits per heavy atom. The van der Waals surface area contributed by atoms with E-state index >= 15 is 0 Å². The van der Waals surface area contributed by atoms with Gasteiger partial charge in [-0.1, -0.05) is 40.2 Å². The number of carbonyl (C=O) groups is 1. The molecule has 0 heterocycles. The standard InChI is InChI=1S/C24H24BrN3O4S/c1-3-32-22-14-12-19(13-15-22)18(2)26-27-24(29)17-28(21-9-7-8-20(25)16-21)33(30,31)23-10-5-4-6-11-23/h4-16H,3,17H2,1-2H3,(H,27,29)/b26-18-. The van der Waals surface area contributed by atoms with Gasteiger partial charge in [-0.15, -0.1) is 0 Å². The SMILES string of the molecule is CCOc1ccc(/C(C)=N\NC(=O)CN(c2cccc(Br)c2)S(=O)(=O)c2ccccc2)cc1. The Balaban J connectivity index is 1.81. The van der Waals surface area contributed by atoms with Crippen LogP contribution in [0.3, 0.4) is 0 Å². The molecule has 0 aliphatic rings. The maximum absolute atomic E-state index is 13.3. The molecule has 0 radical (unpaired) electrons. The molecule has 0 saturated heterocycles. The van der Waals surface area contributed by atoms with Gasteiger partial charge < -0.3 is 4.74 Å². The first-order chi connectivity index (χ1) is 15.8. The Bertz CT molecular complexity index is 1230. The maximum atomic E-state index is 13.3. The van der Waals surface area contributed by atoms with Gasteiger partial charge in [-0.05, 0) is 74.0 Å². The summed E-state index contributed by atoms with van der Waals surface area (Å²) in [5.41, 5.74) is 4.20. The molecule has 0 atom stereocenters. The lowest BCUT2D eigenvalue weighted by molar-refractivity contribution is -0.119. The van der Waals surface area contributed by atoms with E-state index in [4.69, 9.17) is 4.74 Å². The van der Waals surface area contributed by atoms with Gasteiger partial charge in [0.1, 0.15) is 12.3 Å². The van der Waals surface area contributed by atoms with Crippen LogP contribution in [0, 0.1) is 0 Å². The predicted molar refractivity (Wildman–Crippen MR) is 133 cm³/mol. The summed E-state index contributed by atoms with van der Waals surface area (Å²) in [5.74, 6) is 0.175. The summed E-state index contributed by atoms with van der Waals surface area (Å²) in [7, 11) is -3.98. The number of nitrogens with one attached hydrogen (secondary N) is 1. The molecule has 0 saturated carbocycles. The number of hydrogen-bond donors (Lipinski definition) is 1. The normalized spacial score (nSPS) is 11.7. The minimum Gasteiger partial charge on any atom is -0.494 e. The largest absolute Gasteiger partial charge is 0.494 e. The van der Waals surface area contributed by atoms with Gasteiger partial charge in [0.25, 0.3) is 15.9 Å². The first kappa shape index (κ1) is 24.5. The van der Waals surface area contributed by atoms with Crippen LogP contribution in [0.15, 0.2) is 93.3 Å². The second-order valence-corrected chi connectivity index (χ2v) is 9.77. The lowest BCUT2D eigenvalue weighted by atomic mass is 10.1. The first-order valence-corrected chi connectivity index (χ1v) is 12.4. The average molecular weight is 530 g/mol. The molecular formula is C24H24BrN3O4S. The van der Waals surface area contributed by atoms with E-state index in [0.717, 1.165) is 15.6 Å². The minimum atomic E-state index is -3.98. The number of rotatable bonds is 9. The fraction of sp³-hybridized carbons (Fsp3) is 0.167. The number of sulfonamides is 1. The van der Waals surface area contributed by atoms with Gasteiger partial charge >= 0.3 is 0 Å². The van der Waals surface area contributed by atoms with Crippen LogP contribution in [0.25, 0.3) is 0 Å². The molecule has 172 valence electrons. The lowest BCUT2D eigenvalue weighted by Crippen LogP contribution is -2.39. The molecule has 0 spiro atoms. The minimum absolute atomic E-state index is 0.0897. The Kier molecular flexibility index (Phi) is 8.24. The van der Waals surface area contributed by atoms with Crippen LogP contribution in [0.2, 0.25) is 0 Å². The summed E-state index contributed by atoms with van der Waals surface area (Å²) in [6.45, 7) is 3.80. The van der Waals surface area contributed by atoms with Crippen molar-refractivity contribution in [2.24, 2.45) is 5.10 Å². The Hall–Kier alpha value is -3.17. The number of benzene rings is 3. The third-order valence-corrected chi connectivity index (χ3v) is 6.93. The molecule has 0 unspecified atom stereocenters. The van der Waals surface area contributed by atoms with Crippen LogP contribution in [0.4, 0.5) is 5.69 Å². The summed E-state index contributed by atoms with van der Waals surface area (Å²) >= 11 is 3.36. The Morgan fingerprint density at radius 1 is 1.03 bits per heavy atom. The Morgan fingerprint density at radius 2 is 1.73 bits per heavy atom. The molecule has 0 fully saturated rings. The summed E-state index contributed by atoms with van der Waals surface area (Å²) in [4.78, 5) is 12.8. The molecule has 0 aliphatic heterocycles. The smallest absolute Gasteiger partial charge is 0.264 e. The van der Waals surface area contributed by atoms with Gasteiger partial charge in [0, 0.05) is 4.47 Å². The van der Waals surface area contributed by atoms with Gasteiger partial charge in [0.15, 0.2) is 0 Å². The van der Waals surface area contributed by atoms with Crippen molar-refractivity contribution in [2.45, 2.75) is 18.7 Å². The van der Waals surface area contributed by atoms with E-state index in [1.54, 1.807) is 49.4 Å². The van der Waals surface area contributed by atoms with E-state index < -0.39 is 22.5 Å². The Labute approximate surface area is 202 Å². The lowest BCUT2D eigenvalue weighted by Gasteiger charge is -2.24. The number of carbonyl (C=O) groups excluding carboxylic acids is 1. The number of ether oxygens (including phenoxy) is 1. The highest BCUT2D eigenvalue weighted by molar-refractivity contribution is 9.10. The molecular weight excluding hydrogens is 506 g/mol. The van der Waals surface area contributed by atoms with Crippen molar-refractivity contribution in [1.29, 1.82) is 0 Å². The van der Waals surface area contributed by atoms with Gasteiger partial charge in [0.05, 0.1) is 22.9 Å². The van der Waals surface area contributed by atoms with E-state index in [1.165, 1.54) is 12.1 Å². The molecule has 33 heavy (non-hydrogen) atoms. The highest BCUT2D eigenvalue weighted by Crippen LogP contribution is 2.26. The van der Waals surface area contributed by atoms with E-state index in [0.29, 0.717) is 22.5 Å². The molecule has 0 bridgehead atoms. The van der Waals surface area contributed by atoms with Gasteiger partial charge in [-0.2, -0.15) is 5.10 Å². The van der Waals surface area contributed by atoms with E-state index in [2.05, 4.69) is 26.5 Å². The molecule has 3 rings (SSSR count). The van der Waals surface area contributed by atoms with Gasteiger partial charge in [-0.3, -0.25) is 9.10 Å². The van der Waals surface area contributed by atoms with Crippen molar-refractivity contribution in [1.82, 2.24) is 5.43 Å². The van der Waals surface area contributed by atoms with Crippen molar-refractivity contribution in [3.63, 3.8) is 0 Å². The van der Waals surface area contributed by atoms with E-state index in [-0.39, 0.29) is 4.90 Å². The third kappa shape index (κ3) is 6.43. The monoisotopic (exact) mass is 529 g/mol. The van der Waals surface area contributed by atoms with Crippen LogP contribution < -0.4 is 14.5 Å². The molecule has 7 nitrogen and oxygen atoms in total. The van der Waals surface area contributed by atoms with Crippen molar-refractivity contribution < 1.29 is 17.9 Å². The molecule has 9 heteroatoms. The summed E-state index contributed by atoms with van der Waals surface area (Å²) in [5, 5.41) is 4.13. The molecule has 0 aromatic heterocycles. The van der Waals surface area contributed by atoms with Gasteiger partial charge in [-0.25, -0.2) is 13.8 Å². The number of amides is 1. The van der Waals surface area contributed by atoms with Crippen molar-refractivity contribution >= 4 is 43.3 Å². The van der Waals surface area contributed by atoms with Crippen LogP contribution in [-0.4, -0.2) is 33.2 Å². The number of halogens is 1. The molecule has 1 amide bonds. The quantitative estimate of drug-likeness (QED) is 0.324. The predicted octanol–water partition coefficient (Wildman–Crippen LogP) is 4.58. The van der Waals surface area contributed by atoms with Crippen LogP contribution in [0.1, 0.15) is 19.4 Å². The maximum Gasteiger partial charge on any atom is 0.264 e. The van der Waals surface area contributed by atoms with E-state index in [1.807, 2.05) is 31.2 Å². The second-order valence-electron chi connectivity index (χ2n) is 6.99.